The predicted octanol–water partition coefficient (Wildman–Crippen LogP) is 3.12. The first kappa shape index (κ1) is 15.7. The van der Waals surface area contributed by atoms with Crippen LogP contribution < -0.4 is 11.1 Å². The van der Waals surface area contributed by atoms with Gasteiger partial charge in [-0.05, 0) is 24.6 Å². The molecule has 0 atom stereocenters. The Morgan fingerprint density at radius 2 is 2.29 bits per heavy atom. The SMILES string of the molecule is Cc1nnc(SCCCC(=O)Nc2ccc(Cl)c(N)c2)o1. The second kappa shape index (κ2) is 7.33. The molecule has 0 aliphatic rings. The molecule has 0 saturated carbocycles. The Hall–Kier alpha value is -1.73. The number of carbonyl (C=O) groups excluding carboxylic acids is 1. The number of nitrogen functional groups attached to an aromatic ring is 1. The van der Waals surface area contributed by atoms with Crippen molar-refractivity contribution in [3.8, 4) is 0 Å². The molecule has 1 heterocycles. The maximum atomic E-state index is 11.8. The van der Waals surface area contributed by atoms with E-state index in [9.17, 15) is 4.79 Å². The molecule has 8 heteroatoms. The molecule has 1 amide bonds. The fraction of sp³-hybridized carbons (Fsp3) is 0.308. The number of nitrogens with two attached hydrogens (primary N) is 1. The van der Waals surface area contributed by atoms with E-state index in [2.05, 4.69) is 15.5 Å². The number of aryl methyl sites for hydroxylation is 1. The van der Waals surface area contributed by atoms with Gasteiger partial charge in [0.15, 0.2) is 0 Å². The second-order valence-electron chi connectivity index (χ2n) is 4.32. The number of nitrogens with one attached hydrogen (secondary N) is 1. The molecule has 112 valence electrons. The summed E-state index contributed by atoms with van der Waals surface area (Å²) in [5.74, 6) is 1.20. The molecule has 0 aliphatic heterocycles. The lowest BCUT2D eigenvalue weighted by Crippen LogP contribution is -2.11. The molecular formula is C13H15ClN4O2S. The maximum absolute atomic E-state index is 11.8. The van der Waals surface area contributed by atoms with E-state index < -0.39 is 0 Å². The molecule has 1 aromatic carbocycles. The molecule has 0 radical (unpaired) electrons. The van der Waals surface area contributed by atoms with Crippen LogP contribution in [0, 0.1) is 6.92 Å². The third-order valence-corrected chi connectivity index (χ3v) is 3.81. The van der Waals surface area contributed by atoms with Crippen LogP contribution in [0.4, 0.5) is 11.4 Å². The minimum absolute atomic E-state index is 0.0703. The lowest BCUT2D eigenvalue weighted by molar-refractivity contribution is -0.116. The Morgan fingerprint density at radius 1 is 1.48 bits per heavy atom. The van der Waals surface area contributed by atoms with Gasteiger partial charge in [-0.2, -0.15) is 0 Å². The Labute approximate surface area is 131 Å². The Bertz CT molecular complexity index is 632. The molecule has 1 aromatic heterocycles. The molecule has 0 saturated heterocycles. The highest BCUT2D eigenvalue weighted by molar-refractivity contribution is 7.99. The number of benzene rings is 1. The summed E-state index contributed by atoms with van der Waals surface area (Å²) in [6.07, 6.45) is 1.11. The zero-order valence-corrected chi connectivity index (χ0v) is 13.0. The van der Waals surface area contributed by atoms with Crippen molar-refractivity contribution in [3.63, 3.8) is 0 Å². The van der Waals surface area contributed by atoms with E-state index in [4.69, 9.17) is 21.8 Å². The van der Waals surface area contributed by atoms with Crippen LogP contribution in [0.2, 0.25) is 5.02 Å². The van der Waals surface area contributed by atoms with E-state index in [0.717, 1.165) is 5.75 Å². The second-order valence-corrected chi connectivity index (χ2v) is 5.78. The highest BCUT2D eigenvalue weighted by Gasteiger charge is 2.06. The van der Waals surface area contributed by atoms with Gasteiger partial charge in [0, 0.05) is 24.8 Å². The number of thioether (sulfide) groups is 1. The van der Waals surface area contributed by atoms with E-state index in [1.807, 2.05) is 0 Å². The fourth-order valence-corrected chi connectivity index (χ4v) is 2.43. The normalized spacial score (nSPS) is 10.6. The average molecular weight is 327 g/mol. The molecule has 0 fully saturated rings. The maximum Gasteiger partial charge on any atom is 0.276 e. The summed E-state index contributed by atoms with van der Waals surface area (Å²) in [6.45, 7) is 1.74. The molecule has 3 N–H and O–H groups in total. The van der Waals surface area contributed by atoms with Crippen molar-refractivity contribution in [1.82, 2.24) is 10.2 Å². The summed E-state index contributed by atoms with van der Waals surface area (Å²) >= 11 is 7.26. The van der Waals surface area contributed by atoms with Crippen molar-refractivity contribution in [2.45, 2.75) is 25.0 Å². The van der Waals surface area contributed by atoms with Gasteiger partial charge < -0.3 is 15.5 Å². The van der Waals surface area contributed by atoms with Crippen LogP contribution in [0.1, 0.15) is 18.7 Å². The Balaban J connectivity index is 1.71. The van der Waals surface area contributed by atoms with Crippen molar-refractivity contribution in [2.24, 2.45) is 0 Å². The van der Waals surface area contributed by atoms with Crippen LogP contribution in [0.5, 0.6) is 0 Å². The van der Waals surface area contributed by atoms with Gasteiger partial charge in [0.2, 0.25) is 11.8 Å². The van der Waals surface area contributed by atoms with Crippen molar-refractivity contribution >= 4 is 40.6 Å². The number of halogens is 1. The van der Waals surface area contributed by atoms with E-state index in [1.54, 1.807) is 25.1 Å². The van der Waals surface area contributed by atoms with Gasteiger partial charge in [0.05, 0.1) is 10.7 Å². The number of nitrogens with zero attached hydrogens (tertiary/aromatic N) is 2. The Morgan fingerprint density at radius 3 is 2.95 bits per heavy atom. The zero-order chi connectivity index (χ0) is 15.2. The first-order chi connectivity index (χ1) is 10.0. The minimum Gasteiger partial charge on any atom is -0.416 e. The number of amides is 1. The first-order valence-corrected chi connectivity index (χ1v) is 7.69. The highest BCUT2D eigenvalue weighted by atomic mass is 35.5. The van der Waals surface area contributed by atoms with Gasteiger partial charge in [-0.15, -0.1) is 10.2 Å². The highest BCUT2D eigenvalue weighted by Crippen LogP contribution is 2.22. The van der Waals surface area contributed by atoms with E-state index in [-0.39, 0.29) is 5.91 Å². The van der Waals surface area contributed by atoms with Crippen molar-refractivity contribution in [1.29, 1.82) is 0 Å². The number of carbonyl (C=O) groups is 1. The average Bonchev–Trinajstić information content (AvgIpc) is 2.85. The topological polar surface area (TPSA) is 94.0 Å². The molecule has 2 rings (SSSR count). The quantitative estimate of drug-likeness (QED) is 0.481. The summed E-state index contributed by atoms with van der Waals surface area (Å²) in [5, 5.41) is 11.4. The Kier molecular flexibility index (Phi) is 5.46. The van der Waals surface area contributed by atoms with Crippen molar-refractivity contribution in [2.75, 3.05) is 16.8 Å². The van der Waals surface area contributed by atoms with Gasteiger partial charge in [0.25, 0.3) is 5.22 Å². The standard InChI is InChI=1S/C13H15ClN4O2S/c1-8-17-18-13(20-8)21-6-2-3-12(19)16-9-4-5-10(14)11(15)7-9/h4-5,7H,2-3,6,15H2,1H3,(H,16,19). The van der Waals surface area contributed by atoms with Gasteiger partial charge in [-0.3, -0.25) is 4.79 Å². The molecule has 21 heavy (non-hydrogen) atoms. The van der Waals surface area contributed by atoms with Crippen LogP contribution in [0.15, 0.2) is 27.8 Å². The molecule has 2 aromatic rings. The molecule has 0 aliphatic carbocycles. The monoisotopic (exact) mass is 326 g/mol. The van der Waals surface area contributed by atoms with Gasteiger partial charge in [-0.1, -0.05) is 23.4 Å². The van der Waals surface area contributed by atoms with Gasteiger partial charge in [-0.25, -0.2) is 0 Å². The summed E-state index contributed by atoms with van der Waals surface area (Å²) in [7, 11) is 0. The van der Waals surface area contributed by atoms with Gasteiger partial charge >= 0.3 is 0 Å². The minimum atomic E-state index is -0.0703. The largest absolute Gasteiger partial charge is 0.416 e. The van der Waals surface area contributed by atoms with Crippen LogP contribution in [-0.2, 0) is 4.79 Å². The third-order valence-electron chi connectivity index (χ3n) is 2.56. The van der Waals surface area contributed by atoms with E-state index in [1.165, 1.54) is 11.8 Å². The van der Waals surface area contributed by atoms with Crippen LogP contribution >= 0.6 is 23.4 Å². The molecule has 6 nitrogen and oxygen atoms in total. The van der Waals surface area contributed by atoms with Crippen molar-refractivity contribution < 1.29 is 9.21 Å². The summed E-state index contributed by atoms with van der Waals surface area (Å²) in [6, 6.07) is 5.00. The van der Waals surface area contributed by atoms with Gasteiger partial charge in [0.1, 0.15) is 0 Å². The van der Waals surface area contributed by atoms with Crippen molar-refractivity contribution in [3.05, 3.63) is 29.1 Å². The number of rotatable bonds is 6. The summed E-state index contributed by atoms with van der Waals surface area (Å²) in [5.41, 5.74) is 6.76. The number of hydrogen-bond acceptors (Lipinski definition) is 6. The smallest absolute Gasteiger partial charge is 0.276 e. The number of anilines is 2. The lowest BCUT2D eigenvalue weighted by Gasteiger charge is -2.06. The number of hydrogen-bond donors (Lipinski definition) is 2. The summed E-state index contributed by atoms with van der Waals surface area (Å²) in [4.78, 5) is 11.8. The van der Waals surface area contributed by atoms with E-state index in [0.29, 0.717) is 40.4 Å². The van der Waals surface area contributed by atoms with Crippen LogP contribution in [0.25, 0.3) is 0 Å². The van der Waals surface area contributed by atoms with Crippen LogP contribution in [0.3, 0.4) is 0 Å². The third kappa shape index (κ3) is 4.95. The first-order valence-electron chi connectivity index (χ1n) is 6.32. The summed E-state index contributed by atoms with van der Waals surface area (Å²) < 4.78 is 5.22. The van der Waals surface area contributed by atoms with Crippen LogP contribution in [-0.4, -0.2) is 21.9 Å². The molecule has 0 bridgehead atoms. The molecule has 0 unspecified atom stereocenters. The van der Waals surface area contributed by atoms with E-state index >= 15 is 0 Å². The zero-order valence-electron chi connectivity index (χ0n) is 11.4. The predicted molar refractivity (Wildman–Crippen MR) is 83.5 cm³/mol. The fourth-order valence-electron chi connectivity index (χ4n) is 1.57. The molecular weight excluding hydrogens is 312 g/mol. The molecule has 0 spiro atoms. The number of aromatic nitrogens is 2. The lowest BCUT2D eigenvalue weighted by atomic mass is 10.2.